The standard InChI is InChI=1S/C36H38N2O6/c1-2-36-29(22-13-7-4-8-14-22)25(21-11-5-3-6-12-21)26(27-30(36)34(41)37(32(27)39)19-23-15-9-17-43-23)28-31(36)35(42)38(33(28)40)20-24-16-10-18-44-24/h3-8,11-14,23-24,26-28,30-31H,2,9-10,15-20H2,1H3/t23-,24-,26?,27-,28-,30-,31+,36?/m0/s1. The molecule has 1 saturated carbocycles. The summed E-state index contributed by atoms with van der Waals surface area (Å²) >= 11 is 0. The lowest BCUT2D eigenvalue weighted by atomic mass is 9.40. The number of rotatable bonds is 7. The van der Waals surface area contributed by atoms with Crippen molar-refractivity contribution in [1.82, 2.24) is 9.80 Å². The molecule has 2 aromatic rings. The van der Waals surface area contributed by atoms with Crippen molar-refractivity contribution in [3.05, 3.63) is 71.8 Å². The molecular weight excluding hydrogens is 556 g/mol. The Morgan fingerprint density at radius 2 is 1.14 bits per heavy atom. The summed E-state index contributed by atoms with van der Waals surface area (Å²) in [5, 5.41) is 0. The Morgan fingerprint density at radius 1 is 0.659 bits per heavy atom. The average molecular weight is 595 g/mol. The van der Waals surface area contributed by atoms with Crippen molar-refractivity contribution in [1.29, 1.82) is 0 Å². The first-order valence-corrected chi connectivity index (χ1v) is 16.3. The first kappa shape index (κ1) is 27.9. The van der Waals surface area contributed by atoms with Gasteiger partial charge in [0.15, 0.2) is 0 Å². The van der Waals surface area contributed by atoms with Crippen molar-refractivity contribution in [2.75, 3.05) is 26.3 Å². The summed E-state index contributed by atoms with van der Waals surface area (Å²) < 4.78 is 11.7. The Labute approximate surface area is 257 Å². The topological polar surface area (TPSA) is 93.2 Å². The molecule has 3 aliphatic carbocycles. The molecule has 9 rings (SSSR count). The molecule has 2 aromatic carbocycles. The number of amides is 4. The van der Waals surface area contributed by atoms with Crippen LogP contribution in [-0.4, -0.2) is 71.9 Å². The van der Waals surface area contributed by atoms with Crippen LogP contribution in [0.25, 0.3) is 11.1 Å². The van der Waals surface area contributed by atoms with Gasteiger partial charge in [-0.15, -0.1) is 0 Å². The summed E-state index contributed by atoms with van der Waals surface area (Å²) in [6.45, 7) is 3.72. The lowest BCUT2D eigenvalue weighted by molar-refractivity contribution is -0.146. The predicted molar refractivity (Wildman–Crippen MR) is 161 cm³/mol. The van der Waals surface area contributed by atoms with Gasteiger partial charge in [-0.25, -0.2) is 0 Å². The molecule has 7 aliphatic rings. The predicted octanol–water partition coefficient (Wildman–Crippen LogP) is 4.20. The highest BCUT2D eigenvalue weighted by Gasteiger charge is 2.77. The zero-order chi connectivity index (χ0) is 30.2. The number of carbonyl (C=O) groups excluding carboxylic acids is 4. The highest BCUT2D eigenvalue weighted by Crippen LogP contribution is 2.73. The number of nitrogens with zero attached hydrogens (tertiary/aromatic N) is 2. The quantitative estimate of drug-likeness (QED) is 0.447. The van der Waals surface area contributed by atoms with Gasteiger partial charge >= 0.3 is 0 Å². The smallest absolute Gasteiger partial charge is 0.234 e. The molecular formula is C36H38N2O6. The first-order chi connectivity index (χ1) is 21.5. The molecule has 0 spiro atoms. The molecule has 8 nitrogen and oxygen atoms in total. The van der Waals surface area contributed by atoms with Gasteiger partial charge in [0, 0.05) is 24.5 Å². The van der Waals surface area contributed by atoms with Crippen LogP contribution in [0.4, 0.5) is 0 Å². The van der Waals surface area contributed by atoms with Crippen LogP contribution >= 0.6 is 0 Å². The minimum atomic E-state index is -1.04. The van der Waals surface area contributed by atoms with Crippen molar-refractivity contribution in [3.63, 3.8) is 0 Å². The monoisotopic (exact) mass is 594 g/mol. The summed E-state index contributed by atoms with van der Waals surface area (Å²) in [7, 11) is 0. The minimum Gasteiger partial charge on any atom is -0.376 e. The number of hydrogen-bond donors (Lipinski definition) is 0. The van der Waals surface area contributed by atoms with E-state index in [9.17, 15) is 19.2 Å². The maximum Gasteiger partial charge on any atom is 0.234 e. The van der Waals surface area contributed by atoms with E-state index < -0.39 is 35.0 Å². The van der Waals surface area contributed by atoms with Crippen molar-refractivity contribution in [2.45, 2.75) is 51.2 Å². The highest BCUT2D eigenvalue weighted by atomic mass is 16.5. The Morgan fingerprint density at radius 3 is 1.57 bits per heavy atom. The van der Waals surface area contributed by atoms with Gasteiger partial charge < -0.3 is 9.47 Å². The number of imide groups is 2. The fourth-order valence-electron chi connectivity index (χ4n) is 9.76. The van der Waals surface area contributed by atoms with E-state index in [4.69, 9.17) is 9.47 Å². The Bertz CT molecular complexity index is 1480. The van der Waals surface area contributed by atoms with E-state index in [1.165, 1.54) is 9.80 Å². The largest absolute Gasteiger partial charge is 0.376 e. The summed E-state index contributed by atoms with van der Waals surface area (Å²) in [5.74, 6) is -4.39. The van der Waals surface area contributed by atoms with Gasteiger partial charge in [0.25, 0.3) is 0 Å². The van der Waals surface area contributed by atoms with E-state index in [-0.39, 0.29) is 48.9 Å². The van der Waals surface area contributed by atoms with Gasteiger partial charge in [0.1, 0.15) is 0 Å². The van der Waals surface area contributed by atoms with Crippen LogP contribution in [0.1, 0.15) is 50.2 Å². The van der Waals surface area contributed by atoms with Crippen LogP contribution in [0, 0.1) is 35.0 Å². The zero-order valence-corrected chi connectivity index (χ0v) is 25.0. The maximum atomic E-state index is 14.6. The van der Waals surface area contributed by atoms with Crippen LogP contribution in [-0.2, 0) is 28.7 Å². The van der Waals surface area contributed by atoms with Crippen LogP contribution in [0.2, 0.25) is 0 Å². The Balaban J connectivity index is 1.36. The summed E-state index contributed by atoms with van der Waals surface area (Å²) in [6, 6.07) is 19.9. The van der Waals surface area contributed by atoms with Crippen molar-refractivity contribution in [3.8, 4) is 0 Å². The number of benzene rings is 2. The molecule has 8 heteroatoms. The SMILES string of the molecule is CCC12C(c3ccccc3)=C(c3ccccc3)C([C@@H]3C(=O)N(C[C@@H]4CCCO4)C(=O)[C@H]31)[C@@H]1C(=O)N(C[C@@H]3CCCO3)C(=O)[C@@H]12. The third kappa shape index (κ3) is 3.76. The van der Waals surface area contributed by atoms with Crippen LogP contribution in [0.15, 0.2) is 60.7 Å². The molecule has 0 N–H and O–H groups in total. The minimum absolute atomic E-state index is 0.182. The van der Waals surface area contributed by atoms with Gasteiger partial charge in [0.05, 0.1) is 49.0 Å². The highest BCUT2D eigenvalue weighted by molar-refractivity contribution is 6.17. The van der Waals surface area contributed by atoms with E-state index in [1.807, 2.05) is 67.6 Å². The van der Waals surface area contributed by atoms with E-state index in [0.29, 0.717) is 19.6 Å². The van der Waals surface area contributed by atoms with Gasteiger partial charge in [-0.05, 0) is 54.4 Å². The normalized spacial score (nSPS) is 36.2. The zero-order valence-electron chi connectivity index (χ0n) is 25.0. The molecule has 4 aliphatic heterocycles. The fourth-order valence-corrected chi connectivity index (χ4v) is 9.76. The molecule has 0 aromatic heterocycles. The molecule has 2 bridgehead atoms. The molecule has 4 amide bonds. The van der Waals surface area contributed by atoms with Crippen molar-refractivity contribution < 1.29 is 28.7 Å². The third-order valence-electron chi connectivity index (χ3n) is 11.4. The van der Waals surface area contributed by atoms with E-state index in [0.717, 1.165) is 48.0 Å². The number of likely N-dealkylation sites (tertiary alicyclic amines) is 2. The van der Waals surface area contributed by atoms with Crippen molar-refractivity contribution >= 4 is 34.8 Å². The molecule has 5 fully saturated rings. The summed E-state index contributed by atoms with van der Waals surface area (Å²) in [5.41, 5.74) is 2.71. The first-order valence-electron chi connectivity index (χ1n) is 16.3. The van der Waals surface area contributed by atoms with Gasteiger partial charge in [-0.1, -0.05) is 67.6 Å². The van der Waals surface area contributed by atoms with Gasteiger partial charge in [0.2, 0.25) is 23.6 Å². The van der Waals surface area contributed by atoms with E-state index >= 15 is 0 Å². The molecule has 0 radical (unpaired) electrons. The second kappa shape index (κ2) is 10.5. The van der Waals surface area contributed by atoms with Crippen molar-refractivity contribution in [2.24, 2.45) is 35.0 Å². The average Bonchev–Trinajstić information content (AvgIpc) is 3.86. The lowest BCUT2D eigenvalue weighted by Crippen LogP contribution is -2.60. The van der Waals surface area contributed by atoms with Gasteiger partial charge in [-0.2, -0.15) is 0 Å². The second-order valence-corrected chi connectivity index (χ2v) is 13.3. The van der Waals surface area contributed by atoms with Crippen LogP contribution in [0.3, 0.4) is 0 Å². The number of hydrogen-bond acceptors (Lipinski definition) is 6. The van der Waals surface area contributed by atoms with Crippen LogP contribution in [0.5, 0.6) is 0 Å². The maximum absolute atomic E-state index is 14.6. The number of ether oxygens (including phenoxy) is 2. The Kier molecular flexibility index (Phi) is 6.65. The molecule has 228 valence electrons. The number of carbonyl (C=O) groups is 4. The van der Waals surface area contributed by atoms with E-state index in [2.05, 4.69) is 0 Å². The summed E-state index contributed by atoms with van der Waals surface area (Å²) in [6.07, 6.45) is 3.50. The van der Waals surface area contributed by atoms with E-state index in [1.54, 1.807) is 0 Å². The van der Waals surface area contributed by atoms with Crippen LogP contribution < -0.4 is 0 Å². The van der Waals surface area contributed by atoms with Gasteiger partial charge in [-0.3, -0.25) is 29.0 Å². The molecule has 2 unspecified atom stereocenters. The molecule has 4 heterocycles. The Hall–Kier alpha value is -3.62. The third-order valence-corrected chi connectivity index (χ3v) is 11.4. The number of allylic oxidation sites excluding steroid dienone is 2. The lowest BCUT2D eigenvalue weighted by Gasteiger charge is -2.59. The molecule has 44 heavy (non-hydrogen) atoms. The molecule has 4 saturated heterocycles. The fraction of sp³-hybridized carbons (Fsp3) is 0.500. The molecule has 8 atom stereocenters. The summed E-state index contributed by atoms with van der Waals surface area (Å²) in [4.78, 5) is 61.2. The second-order valence-electron chi connectivity index (χ2n) is 13.3.